The molecule has 172 valence electrons. The van der Waals surface area contributed by atoms with Gasteiger partial charge in [-0.3, -0.25) is 0 Å². The summed E-state index contributed by atoms with van der Waals surface area (Å²) in [6.07, 6.45) is 7.86. The van der Waals surface area contributed by atoms with Gasteiger partial charge in [0.1, 0.15) is 6.61 Å². The molecule has 0 radical (unpaired) electrons. The van der Waals surface area contributed by atoms with Gasteiger partial charge in [-0.2, -0.15) is 0 Å². The molecule has 7 heteroatoms. The summed E-state index contributed by atoms with van der Waals surface area (Å²) < 4.78 is 23.3. The van der Waals surface area contributed by atoms with Crippen molar-refractivity contribution in [3.8, 4) is 23.0 Å². The maximum absolute atomic E-state index is 6.06. The van der Waals surface area contributed by atoms with Gasteiger partial charge in [0, 0.05) is 6.54 Å². The molecule has 1 aliphatic heterocycles. The number of rotatable bonds is 13. The molecule has 0 fully saturated rings. The van der Waals surface area contributed by atoms with Crippen LogP contribution in [0, 0.1) is 0 Å². The van der Waals surface area contributed by atoms with Crippen molar-refractivity contribution in [2.75, 3.05) is 20.4 Å². The van der Waals surface area contributed by atoms with Crippen molar-refractivity contribution in [3.63, 3.8) is 0 Å². The Bertz CT molecular complexity index is 818. The highest BCUT2D eigenvalue weighted by molar-refractivity contribution is 9.10. The average molecular weight is 515 g/mol. The summed E-state index contributed by atoms with van der Waals surface area (Å²) in [5.74, 6) is 2.96. The fourth-order valence-corrected chi connectivity index (χ4v) is 4.07. The molecule has 5 nitrogen and oxygen atoms in total. The molecule has 0 spiro atoms. The van der Waals surface area contributed by atoms with E-state index in [1.165, 1.54) is 44.1 Å². The Balaban J connectivity index is 0.00000341. The molecule has 0 atom stereocenters. The van der Waals surface area contributed by atoms with Crippen molar-refractivity contribution in [3.05, 3.63) is 45.9 Å². The Morgan fingerprint density at radius 1 is 0.968 bits per heavy atom. The van der Waals surface area contributed by atoms with E-state index in [0.717, 1.165) is 40.4 Å². The van der Waals surface area contributed by atoms with Gasteiger partial charge in [0.15, 0.2) is 23.0 Å². The first-order valence-corrected chi connectivity index (χ1v) is 11.6. The van der Waals surface area contributed by atoms with Crippen molar-refractivity contribution in [2.45, 2.75) is 58.6 Å². The number of fused-ring (bicyclic) bond motifs is 1. The number of nitrogens with one attached hydrogen (secondary N) is 1. The van der Waals surface area contributed by atoms with Crippen molar-refractivity contribution in [1.29, 1.82) is 0 Å². The van der Waals surface area contributed by atoms with E-state index in [9.17, 15) is 0 Å². The highest BCUT2D eigenvalue weighted by atomic mass is 79.9. The third-order valence-corrected chi connectivity index (χ3v) is 5.73. The van der Waals surface area contributed by atoms with E-state index in [1.54, 1.807) is 7.11 Å². The molecule has 0 saturated carbocycles. The highest BCUT2D eigenvalue weighted by Crippen LogP contribution is 2.38. The SMILES string of the molecule is CCCCCCCCNCc1cc(Br)c(OCc2ccc3c(c2)OCO3)c(OC)c1.Cl. The average Bonchev–Trinajstić information content (AvgIpc) is 3.22. The van der Waals surface area contributed by atoms with Crippen molar-refractivity contribution in [2.24, 2.45) is 0 Å². The van der Waals surface area contributed by atoms with Gasteiger partial charge in [-0.05, 0) is 64.3 Å². The largest absolute Gasteiger partial charge is 0.493 e. The molecule has 1 aliphatic rings. The van der Waals surface area contributed by atoms with Crippen molar-refractivity contribution >= 4 is 28.3 Å². The van der Waals surface area contributed by atoms with Gasteiger partial charge in [-0.1, -0.05) is 45.1 Å². The molecule has 0 aromatic heterocycles. The lowest BCUT2D eigenvalue weighted by atomic mass is 10.1. The van der Waals surface area contributed by atoms with Crippen molar-refractivity contribution < 1.29 is 18.9 Å². The number of hydrogen-bond donors (Lipinski definition) is 1. The van der Waals surface area contributed by atoms with Crippen LogP contribution in [0.25, 0.3) is 0 Å². The second-order valence-electron chi connectivity index (χ2n) is 7.53. The lowest BCUT2D eigenvalue weighted by molar-refractivity contribution is 0.174. The predicted molar refractivity (Wildman–Crippen MR) is 130 cm³/mol. The summed E-state index contributed by atoms with van der Waals surface area (Å²) in [5.41, 5.74) is 2.18. The first kappa shape index (κ1) is 25.6. The molecule has 0 aliphatic carbocycles. The maximum Gasteiger partial charge on any atom is 0.231 e. The van der Waals surface area contributed by atoms with Crippen molar-refractivity contribution in [1.82, 2.24) is 5.32 Å². The zero-order valence-corrected chi connectivity index (χ0v) is 20.8. The Kier molecular flexibility index (Phi) is 11.3. The molecular weight excluding hydrogens is 482 g/mol. The van der Waals surface area contributed by atoms with Crippen LogP contribution in [0.3, 0.4) is 0 Å². The van der Waals surface area contributed by atoms with Gasteiger partial charge in [0.25, 0.3) is 0 Å². The molecule has 3 rings (SSSR count). The van der Waals surface area contributed by atoms with Gasteiger partial charge < -0.3 is 24.3 Å². The van der Waals surface area contributed by atoms with E-state index >= 15 is 0 Å². The van der Waals surface area contributed by atoms with Gasteiger partial charge in [0.05, 0.1) is 11.6 Å². The molecule has 1 N–H and O–H groups in total. The van der Waals surface area contributed by atoms with E-state index in [2.05, 4.69) is 34.2 Å². The van der Waals surface area contributed by atoms with E-state index in [4.69, 9.17) is 18.9 Å². The Hall–Kier alpha value is -1.63. The van der Waals surface area contributed by atoms with Crippen LogP contribution in [0.1, 0.15) is 56.6 Å². The van der Waals surface area contributed by atoms with E-state index < -0.39 is 0 Å². The standard InChI is InChI=1S/C24H32BrNO4.ClH/c1-3-4-5-6-7-8-11-26-15-19-12-20(25)24(23(14-19)27-2)28-16-18-9-10-21-22(13-18)30-17-29-21;/h9-10,12-14,26H,3-8,11,15-17H2,1-2H3;1H. The van der Waals surface area contributed by atoms with Crippen LogP contribution in [0.15, 0.2) is 34.8 Å². The molecule has 0 saturated heterocycles. The molecule has 1 heterocycles. The Morgan fingerprint density at radius 2 is 1.74 bits per heavy atom. The lowest BCUT2D eigenvalue weighted by Gasteiger charge is -2.15. The topological polar surface area (TPSA) is 49.0 Å². The number of hydrogen-bond acceptors (Lipinski definition) is 5. The van der Waals surface area contributed by atoms with Crippen LogP contribution in [0.5, 0.6) is 23.0 Å². The fraction of sp³-hybridized carbons (Fsp3) is 0.500. The Labute approximate surface area is 200 Å². The quantitative estimate of drug-likeness (QED) is 0.304. The first-order chi connectivity index (χ1) is 14.7. The number of halogens is 2. The Morgan fingerprint density at radius 3 is 2.55 bits per heavy atom. The minimum atomic E-state index is 0. The summed E-state index contributed by atoms with van der Waals surface area (Å²) in [7, 11) is 1.67. The molecule has 0 unspecified atom stereocenters. The van der Waals surface area contributed by atoms with E-state index in [0.29, 0.717) is 12.4 Å². The lowest BCUT2D eigenvalue weighted by Crippen LogP contribution is -2.14. The van der Waals surface area contributed by atoms with Gasteiger partial charge in [0.2, 0.25) is 6.79 Å². The second-order valence-corrected chi connectivity index (χ2v) is 8.38. The number of ether oxygens (including phenoxy) is 4. The van der Waals surface area contributed by atoms with E-state index in [-0.39, 0.29) is 19.2 Å². The molecule has 31 heavy (non-hydrogen) atoms. The molecular formula is C24H33BrClNO4. The number of methoxy groups -OCH3 is 1. The third kappa shape index (κ3) is 7.78. The predicted octanol–water partition coefficient (Wildman–Crippen LogP) is 6.64. The zero-order valence-electron chi connectivity index (χ0n) is 18.4. The zero-order chi connectivity index (χ0) is 21.2. The summed E-state index contributed by atoms with van der Waals surface area (Å²) in [5, 5.41) is 3.53. The van der Waals surface area contributed by atoms with Crippen LogP contribution in [0.2, 0.25) is 0 Å². The smallest absolute Gasteiger partial charge is 0.231 e. The number of unbranched alkanes of at least 4 members (excludes halogenated alkanes) is 5. The van der Waals surface area contributed by atoms with E-state index in [1.807, 2.05) is 24.3 Å². The third-order valence-electron chi connectivity index (χ3n) is 5.15. The summed E-state index contributed by atoms with van der Waals surface area (Å²) in [6, 6.07) is 9.96. The second kappa shape index (κ2) is 13.7. The van der Waals surface area contributed by atoms with Gasteiger partial charge in [-0.15, -0.1) is 12.4 Å². The summed E-state index contributed by atoms with van der Waals surface area (Å²) in [6.45, 7) is 4.79. The van der Waals surface area contributed by atoms with Crippen LogP contribution >= 0.6 is 28.3 Å². The van der Waals surface area contributed by atoms with Crippen LogP contribution in [-0.4, -0.2) is 20.4 Å². The summed E-state index contributed by atoms with van der Waals surface area (Å²) >= 11 is 3.64. The van der Waals surface area contributed by atoms with Crippen LogP contribution in [0.4, 0.5) is 0 Å². The molecule has 0 amide bonds. The minimum absolute atomic E-state index is 0. The molecule has 2 aromatic rings. The van der Waals surface area contributed by atoms with Gasteiger partial charge in [-0.25, -0.2) is 0 Å². The van der Waals surface area contributed by atoms with Crippen LogP contribution < -0.4 is 24.3 Å². The minimum Gasteiger partial charge on any atom is -0.493 e. The monoisotopic (exact) mass is 513 g/mol. The fourth-order valence-electron chi connectivity index (χ4n) is 3.46. The molecule has 2 aromatic carbocycles. The van der Waals surface area contributed by atoms with Crippen LogP contribution in [-0.2, 0) is 13.2 Å². The maximum atomic E-state index is 6.06. The van der Waals surface area contributed by atoms with Gasteiger partial charge >= 0.3 is 0 Å². The molecule has 0 bridgehead atoms. The highest BCUT2D eigenvalue weighted by Gasteiger charge is 2.15. The number of benzene rings is 2. The first-order valence-electron chi connectivity index (χ1n) is 10.8. The normalized spacial score (nSPS) is 11.8. The summed E-state index contributed by atoms with van der Waals surface area (Å²) in [4.78, 5) is 0.